The van der Waals surface area contributed by atoms with Gasteiger partial charge in [-0.15, -0.1) is 0 Å². The first-order chi connectivity index (χ1) is 10.4. The average Bonchev–Trinajstić information content (AvgIpc) is 2.47. The van der Waals surface area contributed by atoms with Crippen molar-refractivity contribution < 1.29 is 9.72 Å². The Morgan fingerprint density at radius 1 is 1.18 bits per heavy atom. The molecule has 1 amide bonds. The van der Waals surface area contributed by atoms with E-state index in [1.165, 1.54) is 30.3 Å². The maximum Gasteiger partial charge on any atom is 0.288 e. The van der Waals surface area contributed by atoms with Gasteiger partial charge in [0.2, 0.25) is 0 Å². The molecule has 0 aliphatic rings. The predicted molar refractivity (Wildman–Crippen MR) is 82.2 cm³/mol. The first-order valence-corrected chi connectivity index (χ1v) is 6.63. The average molecular weight is 336 g/mol. The molecule has 1 N–H and O–H groups in total. The third-order valence-electron chi connectivity index (χ3n) is 2.75. The van der Waals surface area contributed by atoms with Crippen LogP contribution in [0.2, 0.25) is 10.0 Å². The lowest BCUT2D eigenvalue weighted by atomic mass is 10.1. The summed E-state index contributed by atoms with van der Waals surface area (Å²) in [6, 6.07) is 10.0. The largest absolute Gasteiger partial charge is 0.322 e. The summed E-state index contributed by atoms with van der Waals surface area (Å²) in [5.74, 6) is -0.555. The monoisotopic (exact) mass is 335 g/mol. The van der Waals surface area contributed by atoms with Gasteiger partial charge in [0.25, 0.3) is 11.6 Å². The fourth-order valence-electron chi connectivity index (χ4n) is 1.68. The van der Waals surface area contributed by atoms with Gasteiger partial charge >= 0.3 is 0 Å². The number of nitrogens with one attached hydrogen (secondary N) is 1. The molecule has 6 nitrogen and oxygen atoms in total. The SMILES string of the molecule is N#Cc1ccc(NC(=O)c2ccc(Cl)c([N+](=O)[O-])c2)cc1Cl. The minimum Gasteiger partial charge on any atom is -0.322 e. The van der Waals surface area contributed by atoms with Gasteiger partial charge in [-0.2, -0.15) is 5.26 Å². The van der Waals surface area contributed by atoms with E-state index in [0.29, 0.717) is 5.69 Å². The second-order valence-corrected chi connectivity index (χ2v) is 5.00. The van der Waals surface area contributed by atoms with Crippen LogP contribution in [0.25, 0.3) is 0 Å². The van der Waals surface area contributed by atoms with Crippen LogP contribution in [0.4, 0.5) is 11.4 Å². The normalized spacial score (nSPS) is 9.86. The van der Waals surface area contributed by atoms with Gasteiger partial charge in [0.15, 0.2) is 0 Å². The molecule has 0 aliphatic heterocycles. The molecule has 0 spiro atoms. The fourth-order valence-corrected chi connectivity index (χ4v) is 2.09. The minimum atomic E-state index is -0.669. The quantitative estimate of drug-likeness (QED) is 0.676. The maximum absolute atomic E-state index is 12.1. The Balaban J connectivity index is 2.26. The van der Waals surface area contributed by atoms with E-state index in [0.717, 1.165) is 6.07 Å². The van der Waals surface area contributed by atoms with E-state index in [4.69, 9.17) is 28.5 Å². The summed E-state index contributed by atoms with van der Waals surface area (Å²) in [5.41, 5.74) is 0.372. The number of hydrogen-bond donors (Lipinski definition) is 1. The number of nitro benzene ring substituents is 1. The number of hydrogen-bond acceptors (Lipinski definition) is 4. The first-order valence-electron chi connectivity index (χ1n) is 5.87. The van der Waals surface area contributed by atoms with Gasteiger partial charge in [-0.25, -0.2) is 0 Å². The van der Waals surface area contributed by atoms with Crippen molar-refractivity contribution in [1.82, 2.24) is 0 Å². The highest BCUT2D eigenvalue weighted by Gasteiger charge is 2.16. The summed E-state index contributed by atoms with van der Waals surface area (Å²) in [4.78, 5) is 22.2. The number of nitro groups is 1. The number of amides is 1. The van der Waals surface area contributed by atoms with E-state index in [1.807, 2.05) is 6.07 Å². The lowest BCUT2D eigenvalue weighted by Gasteiger charge is -2.06. The van der Waals surface area contributed by atoms with Crippen molar-refractivity contribution in [3.05, 3.63) is 67.7 Å². The Morgan fingerprint density at radius 2 is 1.91 bits per heavy atom. The van der Waals surface area contributed by atoms with Crippen LogP contribution >= 0.6 is 23.2 Å². The molecule has 0 heterocycles. The topological polar surface area (TPSA) is 96.0 Å². The van der Waals surface area contributed by atoms with Gasteiger partial charge in [-0.05, 0) is 30.3 Å². The van der Waals surface area contributed by atoms with E-state index in [2.05, 4.69) is 5.32 Å². The van der Waals surface area contributed by atoms with Crippen LogP contribution in [0.15, 0.2) is 36.4 Å². The fraction of sp³-hybridized carbons (Fsp3) is 0. The minimum absolute atomic E-state index is 0.0528. The Labute approximate surface area is 135 Å². The third-order valence-corrected chi connectivity index (χ3v) is 3.38. The zero-order valence-corrected chi connectivity index (χ0v) is 12.4. The molecular weight excluding hydrogens is 329 g/mol. The highest BCUT2D eigenvalue weighted by atomic mass is 35.5. The molecule has 22 heavy (non-hydrogen) atoms. The number of carbonyl (C=O) groups is 1. The van der Waals surface area contributed by atoms with E-state index in [-0.39, 0.29) is 26.9 Å². The zero-order valence-electron chi connectivity index (χ0n) is 10.8. The lowest BCUT2D eigenvalue weighted by Crippen LogP contribution is -2.12. The van der Waals surface area contributed by atoms with Gasteiger partial charge < -0.3 is 5.32 Å². The summed E-state index contributed by atoms with van der Waals surface area (Å²) < 4.78 is 0. The molecule has 0 aliphatic carbocycles. The van der Waals surface area contributed by atoms with Crippen molar-refractivity contribution in [2.45, 2.75) is 0 Å². The second kappa shape index (κ2) is 6.43. The number of anilines is 1. The third kappa shape index (κ3) is 3.34. The van der Waals surface area contributed by atoms with E-state index >= 15 is 0 Å². The first kappa shape index (κ1) is 15.8. The van der Waals surface area contributed by atoms with Crippen LogP contribution in [0.5, 0.6) is 0 Å². The van der Waals surface area contributed by atoms with Crippen molar-refractivity contribution in [2.75, 3.05) is 5.32 Å². The van der Waals surface area contributed by atoms with E-state index < -0.39 is 10.8 Å². The Hall–Kier alpha value is -2.62. The molecule has 0 saturated heterocycles. The Kier molecular flexibility index (Phi) is 4.61. The Bertz CT molecular complexity index is 815. The van der Waals surface area contributed by atoms with Gasteiger partial charge in [0.05, 0.1) is 15.5 Å². The predicted octanol–water partition coefficient (Wildman–Crippen LogP) is 4.03. The molecule has 2 aromatic carbocycles. The molecule has 110 valence electrons. The van der Waals surface area contributed by atoms with Gasteiger partial charge in [0.1, 0.15) is 11.1 Å². The number of nitrogens with zero attached hydrogens (tertiary/aromatic N) is 2. The molecule has 2 rings (SSSR count). The molecule has 2 aromatic rings. The van der Waals surface area contributed by atoms with Crippen molar-refractivity contribution >= 4 is 40.5 Å². The van der Waals surface area contributed by atoms with Gasteiger partial charge in [-0.1, -0.05) is 23.2 Å². The van der Waals surface area contributed by atoms with Crippen LogP contribution in [0.1, 0.15) is 15.9 Å². The van der Waals surface area contributed by atoms with Crippen LogP contribution < -0.4 is 5.32 Å². The van der Waals surface area contributed by atoms with E-state index in [1.54, 1.807) is 0 Å². The molecule has 0 aromatic heterocycles. The van der Waals surface area contributed by atoms with Gasteiger partial charge in [-0.3, -0.25) is 14.9 Å². The van der Waals surface area contributed by atoms with Crippen molar-refractivity contribution in [2.24, 2.45) is 0 Å². The maximum atomic E-state index is 12.1. The van der Waals surface area contributed by atoms with E-state index in [9.17, 15) is 14.9 Å². The molecule has 8 heteroatoms. The van der Waals surface area contributed by atoms with Crippen LogP contribution in [0, 0.1) is 21.4 Å². The highest BCUT2D eigenvalue weighted by Crippen LogP contribution is 2.26. The number of rotatable bonds is 3. The van der Waals surface area contributed by atoms with Crippen LogP contribution in [0.3, 0.4) is 0 Å². The molecule has 0 bridgehead atoms. The second-order valence-electron chi connectivity index (χ2n) is 4.18. The lowest BCUT2D eigenvalue weighted by molar-refractivity contribution is -0.384. The standard InChI is InChI=1S/C14H7Cl2N3O3/c15-11-4-2-8(5-13(11)19(21)22)14(20)18-10-3-1-9(7-17)12(16)6-10/h1-6H,(H,18,20). The Morgan fingerprint density at radius 3 is 2.50 bits per heavy atom. The number of nitriles is 1. The molecular formula is C14H7Cl2N3O3. The summed E-state index contributed by atoms with van der Waals surface area (Å²) in [7, 11) is 0. The molecule has 0 fully saturated rings. The summed E-state index contributed by atoms with van der Waals surface area (Å²) in [6.45, 7) is 0. The van der Waals surface area contributed by atoms with Crippen molar-refractivity contribution in [3.8, 4) is 6.07 Å². The molecule has 0 radical (unpaired) electrons. The van der Waals surface area contributed by atoms with Gasteiger partial charge in [0, 0.05) is 17.3 Å². The molecule has 0 unspecified atom stereocenters. The van der Waals surface area contributed by atoms with Crippen LogP contribution in [-0.4, -0.2) is 10.8 Å². The van der Waals surface area contributed by atoms with Crippen molar-refractivity contribution in [1.29, 1.82) is 5.26 Å². The summed E-state index contributed by atoms with van der Waals surface area (Å²) in [6.07, 6.45) is 0. The molecule has 0 atom stereocenters. The summed E-state index contributed by atoms with van der Waals surface area (Å²) >= 11 is 11.6. The number of halogens is 2. The number of benzene rings is 2. The molecule has 0 saturated carbocycles. The smallest absolute Gasteiger partial charge is 0.288 e. The summed E-state index contributed by atoms with van der Waals surface area (Å²) in [5, 5.41) is 22.3. The number of carbonyl (C=O) groups excluding carboxylic acids is 1. The van der Waals surface area contributed by atoms with Crippen molar-refractivity contribution in [3.63, 3.8) is 0 Å². The zero-order chi connectivity index (χ0) is 16.3. The van der Waals surface area contributed by atoms with Crippen LogP contribution in [-0.2, 0) is 0 Å². The highest BCUT2D eigenvalue weighted by molar-refractivity contribution is 6.33.